The van der Waals surface area contributed by atoms with Gasteiger partial charge in [-0.1, -0.05) is 168 Å². The normalized spacial score (nSPS) is 13.8. The van der Waals surface area contributed by atoms with E-state index < -0.39 is 12.9 Å². The Bertz CT molecular complexity index is 732. The minimum Gasteiger partial charge on any atom is -0.376 e. The van der Waals surface area contributed by atoms with Gasteiger partial charge in [0.25, 0.3) is 0 Å². The third-order valence-corrected chi connectivity index (χ3v) is 12.2. The molecule has 49 heavy (non-hydrogen) atoms. The van der Waals surface area contributed by atoms with Crippen molar-refractivity contribution in [1.29, 1.82) is 0 Å². The van der Waals surface area contributed by atoms with Gasteiger partial charge >= 0.3 is 7.60 Å². The van der Waals surface area contributed by atoms with E-state index in [0.29, 0.717) is 13.2 Å². The Morgan fingerprint density at radius 2 is 0.776 bits per heavy atom. The fraction of sp³-hybridized carbons (Fsp3) is 0.907. The highest BCUT2D eigenvalue weighted by molar-refractivity contribution is 7.55. The average molecular weight is 712 g/mol. The van der Waals surface area contributed by atoms with Crippen molar-refractivity contribution in [2.45, 2.75) is 220 Å². The van der Waals surface area contributed by atoms with E-state index in [9.17, 15) is 9.67 Å². The summed E-state index contributed by atoms with van der Waals surface area (Å²) in [6.45, 7) is 12.9. The summed E-state index contributed by atoms with van der Waals surface area (Å²) in [5.41, 5.74) is 0. The highest BCUT2D eigenvalue weighted by atomic mass is 31.2. The van der Waals surface area contributed by atoms with E-state index in [-0.39, 0.29) is 6.54 Å². The molecule has 0 heterocycles. The van der Waals surface area contributed by atoms with Gasteiger partial charge in [0.15, 0.2) is 5.34 Å². The SMILES string of the molecule is CCCCCCCC/C=C\CCCCCCCCOP(=O)(OCCCCCCCC/C=C\CCCCCCCC)C(C)(O)CN(CC)CC. The Balaban J connectivity index is 4.19. The maximum Gasteiger partial charge on any atom is 0.362 e. The molecule has 6 heteroatoms. The minimum absolute atomic E-state index is 0.290. The zero-order chi connectivity index (χ0) is 36.2. The Kier molecular flexibility index (Phi) is 35.6. The molecule has 0 aromatic carbocycles. The molecule has 0 saturated heterocycles. The second-order valence-electron chi connectivity index (χ2n) is 14.7. The first-order chi connectivity index (χ1) is 23.9. The van der Waals surface area contributed by atoms with Crippen LogP contribution >= 0.6 is 7.60 Å². The fourth-order valence-electron chi connectivity index (χ4n) is 6.34. The highest BCUT2D eigenvalue weighted by Crippen LogP contribution is 2.59. The first kappa shape index (κ1) is 48.5. The molecule has 1 atom stereocenters. The molecule has 0 aliphatic rings. The average Bonchev–Trinajstić information content (AvgIpc) is 3.09. The van der Waals surface area contributed by atoms with Crippen molar-refractivity contribution < 1.29 is 18.7 Å². The first-order valence-electron chi connectivity index (χ1n) is 21.5. The molecular formula is C43H86NO4P. The highest BCUT2D eigenvalue weighted by Gasteiger charge is 2.46. The number of hydrogen-bond donors (Lipinski definition) is 1. The van der Waals surface area contributed by atoms with Crippen LogP contribution in [0, 0.1) is 0 Å². The van der Waals surface area contributed by atoms with E-state index in [2.05, 4.69) is 56.9 Å². The maximum atomic E-state index is 14.0. The molecule has 5 nitrogen and oxygen atoms in total. The Morgan fingerprint density at radius 3 is 1.08 bits per heavy atom. The lowest BCUT2D eigenvalue weighted by Crippen LogP contribution is -2.41. The predicted octanol–water partition coefficient (Wildman–Crippen LogP) is 14.3. The van der Waals surface area contributed by atoms with Crippen molar-refractivity contribution in [2.75, 3.05) is 32.8 Å². The van der Waals surface area contributed by atoms with Gasteiger partial charge < -0.3 is 19.1 Å². The third kappa shape index (κ3) is 29.8. The van der Waals surface area contributed by atoms with Gasteiger partial charge in [-0.15, -0.1) is 0 Å². The van der Waals surface area contributed by atoms with Crippen LogP contribution in [0.15, 0.2) is 24.3 Å². The van der Waals surface area contributed by atoms with Gasteiger partial charge in [0.2, 0.25) is 0 Å². The topological polar surface area (TPSA) is 59.0 Å². The first-order valence-corrected chi connectivity index (χ1v) is 23.0. The van der Waals surface area contributed by atoms with Crippen molar-refractivity contribution in [3.05, 3.63) is 24.3 Å². The quantitative estimate of drug-likeness (QED) is 0.0391. The molecule has 0 saturated carbocycles. The van der Waals surface area contributed by atoms with E-state index in [4.69, 9.17) is 9.05 Å². The van der Waals surface area contributed by atoms with Crippen LogP contribution in [0.4, 0.5) is 0 Å². The molecule has 0 aromatic rings. The Hall–Kier alpha value is -0.450. The molecule has 0 spiro atoms. The zero-order valence-electron chi connectivity index (χ0n) is 33.7. The van der Waals surface area contributed by atoms with E-state index in [0.717, 1.165) is 38.8 Å². The van der Waals surface area contributed by atoms with Gasteiger partial charge in [-0.2, -0.15) is 0 Å². The second-order valence-corrected chi connectivity index (χ2v) is 17.2. The monoisotopic (exact) mass is 712 g/mol. The summed E-state index contributed by atoms with van der Waals surface area (Å²) in [6.07, 6.45) is 44.4. The number of nitrogens with zero attached hydrogens (tertiary/aromatic N) is 1. The number of hydrogen-bond acceptors (Lipinski definition) is 5. The summed E-state index contributed by atoms with van der Waals surface area (Å²) in [4.78, 5) is 2.09. The van der Waals surface area contributed by atoms with Crippen LogP contribution < -0.4 is 0 Å². The zero-order valence-corrected chi connectivity index (χ0v) is 34.6. The molecule has 292 valence electrons. The number of rotatable bonds is 39. The number of likely N-dealkylation sites (N-methyl/N-ethyl adjacent to an activating group) is 1. The summed E-state index contributed by atoms with van der Waals surface area (Å²) in [5.74, 6) is 0. The third-order valence-electron chi connectivity index (χ3n) is 9.84. The van der Waals surface area contributed by atoms with Crippen LogP contribution in [0.1, 0.15) is 214 Å². The lowest BCUT2D eigenvalue weighted by Gasteiger charge is -2.35. The molecule has 0 radical (unpaired) electrons. The van der Waals surface area contributed by atoms with Gasteiger partial charge in [-0.25, -0.2) is 0 Å². The van der Waals surface area contributed by atoms with Crippen molar-refractivity contribution in [2.24, 2.45) is 0 Å². The Labute approximate surface area is 307 Å². The summed E-state index contributed by atoms with van der Waals surface area (Å²) in [5, 5.41) is 9.85. The van der Waals surface area contributed by atoms with Gasteiger partial charge in [-0.05, 0) is 84.2 Å². The molecular weight excluding hydrogens is 625 g/mol. The predicted molar refractivity (Wildman–Crippen MR) is 217 cm³/mol. The van der Waals surface area contributed by atoms with Crippen molar-refractivity contribution in [1.82, 2.24) is 4.90 Å². The van der Waals surface area contributed by atoms with E-state index >= 15 is 0 Å². The van der Waals surface area contributed by atoms with Crippen molar-refractivity contribution in [3.63, 3.8) is 0 Å². The van der Waals surface area contributed by atoms with E-state index in [1.54, 1.807) is 6.92 Å². The summed E-state index contributed by atoms with van der Waals surface area (Å²) >= 11 is 0. The molecule has 0 aliphatic carbocycles. The largest absolute Gasteiger partial charge is 0.376 e. The molecule has 0 aromatic heterocycles. The number of unbranched alkanes of at least 4 members (excludes halogenated alkanes) is 24. The second kappa shape index (κ2) is 35.9. The van der Waals surface area contributed by atoms with E-state index in [1.807, 2.05) is 0 Å². The molecule has 0 amide bonds. The van der Waals surface area contributed by atoms with Crippen LogP contribution in [0.25, 0.3) is 0 Å². The van der Waals surface area contributed by atoms with E-state index in [1.165, 1.54) is 154 Å². The smallest absolute Gasteiger partial charge is 0.362 e. The Morgan fingerprint density at radius 1 is 0.490 bits per heavy atom. The van der Waals surface area contributed by atoms with Crippen LogP contribution in [-0.2, 0) is 13.6 Å². The molecule has 1 N–H and O–H groups in total. The lowest BCUT2D eigenvalue weighted by molar-refractivity contribution is 0.0470. The fourth-order valence-corrected chi connectivity index (χ4v) is 8.08. The maximum absolute atomic E-state index is 14.0. The molecule has 0 rings (SSSR count). The van der Waals surface area contributed by atoms with Gasteiger partial charge in [0, 0.05) is 6.54 Å². The van der Waals surface area contributed by atoms with Crippen molar-refractivity contribution in [3.8, 4) is 0 Å². The van der Waals surface area contributed by atoms with Gasteiger partial charge in [0.05, 0.1) is 13.2 Å². The van der Waals surface area contributed by atoms with Gasteiger partial charge in [-0.3, -0.25) is 4.57 Å². The van der Waals surface area contributed by atoms with Crippen LogP contribution in [0.3, 0.4) is 0 Å². The van der Waals surface area contributed by atoms with Crippen LogP contribution in [-0.4, -0.2) is 48.2 Å². The van der Waals surface area contributed by atoms with Crippen LogP contribution in [0.5, 0.6) is 0 Å². The standard InChI is InChI=1S/C43H86NO4P/c1-6-10-12-14-16-18-20-22-24-26-28-30-32-34-36-38-40-47-49(46,43(5,45)42-44(8-3)9-4)48-41-39-37-35-33-31-29-27-25-23-21-19-17-15-13-11-7-2/h22-25,45H,6-21,26-42H2,1-5H3/b24-22-,25-23-. The van der Waals surface area contributed by atoms with Crippen LogP contribution in [0.2, 0.25) is 0 Å². The van der Waals surface area contributed by atoms with Crippen molar-refractivity contribution >= 4 is 7.60 Å². The lowest BCUT2D eigenvalue weighted by atomic mass is 10.1. The summed E-state index contributed by atoms with van der Waals surface area (Å²) < 4.78 is 25.9. The molecule has 0 aliphatic heterocycles. The molecule has 0 bridgehead atoms. The number of allylic oxidation sites excluding steroid dienone is 4. The van der Waals surface area contributed by atoms with Gasteiger partial charge in [0.1, 0.15) is 0 Å². The minimum atomic E-state index is -3.68. The number of aliphatic hydroxyl groups is 1. The molecule has 1 unspecified atom stereocenters. The summed E-state index contributed by atoms with van der Waals surface area (Å²) in [6, 6.07) is 0. The summed E-state index contributed by atoms with van der Waals surface area (Å²) in [7, 11) is -3.68. The molecule has 0 fully saturated rings.